The van der Waals surface area contributed by atoms with Crippen LogP contribution in [-0.4, -0.2) is 47.1 Å². The molecule has 1 saturated heterocycles. The summed E-state index contributed by atoms with van der Waals surface area (Å²) >= 11 is 0. The molecule has 2 aromatic carbocycles. The second kappa shape index (κ2) is 10.2. The number of sulfone groups is 1. The molecule has 0 atom stereocenters. The third-order valence-corrected chi connectivity index (χ3v) is 6.95. The van der Waals surface area contributed by atoms with Gasteiger partial charge in [-0.05, 0) is 49.2 Å². The van der Waals surface area contributed by atoms with Gasteiger partial charge in [0.05, 0.1) is 15.5 Å². The highest BCUT2D eigenvalue weighted by molar-refractivity contribution is 7.91. The van der Waals surface area contributed by atoms with Crippen LogP contribution in [0.3, 0.4) is 0 Å². The van der Waals surface area contributed by atoms with Crippen molar-refractivity contribution in [3.8, 4) is 0 Å². The highest BCUT2D eigenvalue weighted by atomic mass is 32.2. The van der Waals surface area contributed by atoms with E-state index in [1.807, 2.05) is 6.07 Å². The van der Waals surface area contributed by atoms with Crippen molar-refractivity contribution in [1.29, 1.82) is 0 Å². The maximum atomic E-state index is 14.6. The van der Waals surface area contributed by atoms with Crippen molar-refractivity contribution < 1.29 is 17.6 Å². The van der Waals surface area contributed by atoms with Crippen molar-refractivity contribution >= 4 is 39.8 Å². The average molecular weight is 461 g/mol. The number of hydrogen-bond acceptors (Lipinski definition) is 6. The molecule has 9 nitrogen and oxygen atoms in total. The van der Waals surface area contributed by atoms with Crippen LogP contribution in [0.1, 0.15) is 12.8 Å². The largest absolute Gasteiger partial charge is 0.388 e. The molecule has 0 aliphatic carbocycles. The minimum Gasteiger partial charge on any atom is -0.388 e. The molecule has 0 radical (unpaired) electrons. The van der Waals surface area contributed by atoms with Gasteiger partial charge >= 0.3 is 0 Å². The van der Waals surface area contributed by atoms with E-state index in [1.54, 1.807) is 12.1 Å². The number of benzene rings is 2. The molecule has 4 N–H and O–H groups in total. The summed E-state index contributed by atoms with van der Waals surface area (Å²) in [5.74, 6) is -0.589. The summed E-state index contributed by atoms with van der Waals surface area (Å²) in [5, 5.41) is 6.27. The normalized spacial score (nSPS) is 15.7. The number of nitrogens with two attached hydrogens (primary N) is 1. The first-order valence-electron chi connectivity index (χ1n) is 9.97. The molecule has 1 aliphatic rings. The quantitative estimate of drug-likeness (QED) is 0.260. The predicted molar refractivity (Wildman–Crippen MR) is 122 cm³/mol. The number of guanidine groups is 1. The predicted octanol–water partition coefficient (Wildman–Crippen LogP) is 1.96. The molecule has 11 heteroatoms. The Morgan fingerprint density at radius 2 is 1.91 bits per heavy atom. The van der Waals surface area contributed by atoms with E-state index in [9.17, 15) is 17.6 Å². The molecular formula is C21H25FN6O3S. The van der Waals surface area contributed by atoms with Crippen LogP contribution < -0.4 is 21.4 Å². The van der Waals surface area contributed by atoms with Crippen LogP contribution in [0.4, 0.5) is 15.8 Å². The van der Waals surface area contributed by atoms with Crippen LogP contribution in [-0.2, 0) is 14.6 Å². The Balaban J connectivity index is 1.82. The lowest BCUT2D eigenvalue weighted by molar-refractivity contribution is -0.111. The van der Waals surface area contributed by atoms with Gasteiger partial charge in [-0.3, -0.25) is 4.99 Å². The van der Waals surface area contributed by atoms with Gasteiger partial charge in [-0.15, -0.1) is 0 Å². The van der Waals surface area contributed by atoms with Crippen LogP contribution in [0.15, 0.2) is 62.3 Å². The second-order valence-corrected chi connectivity index (χ2v) is 9.14. The number of carbonyl (C=O) groups excluding carboxylic acids is 1. The standard InChI is InChI=1S/C21H25FN6O3S/c1-24-21(27-25-14-23)26-20-6-5-18(12-19(20)22)32(30,31)17-4-2-3-16(11-17)28-9-7-15(13-29)8-10-28/h2-6,11-15H,7-10H2,1H3,(H2,23,25)(H2,24,26,27). The minimum absolute atomic E-state index is 0.0241. The van der Waals surface area contributed by atoms with Crippen molar-refractivity contribution in [3.63, 3.8) is 0 Å². The van der Waals surface area contributed by atoms with Crippen molar-refractivity contribution in [2.45, 2.75) is 22.6 Å². The summed E-state index contributed by atoms with van der Waals surface area (Å²) in [7, 11) is -2.47. The Bertz CT molecular complexity index is 1130. The van der Waals surface area contributed by atoms with E-state index in [-0.39, 0.29) is 27.4 Å². The van der Waals surface area contributed by atoms with Crippen LogP contribution >= 0.6 is 0 Å². The molecule has 1 fully saturated rings. The summed E-state index contributed by atoms with van der Waals surface area (Å²) in [6.07, 6.45) is 3.45. The summed E-state index contributed by atoms with van der Waals surface area (Å²) < 4.78 is 40.9. The van der Waals surface area contributed by atoms with Gasteiger partial charge in [0.15, 0.2) is 0 Å². The number of rotatable bonds is 6. The Hall–Kier alpha value is -3.47. The monoisotopic (exact) mass is 460 g/mol. The Labute approximate surface area is 186 Å². The molecular weight excluding hydrogens is 435 g/mol. The van der Waals surface area contributed by atoms with E-state index in [0.29, 0.717) is 13.1 Å². The summed E-state index contributed by atoms with van der Waals surface area (Å²) in [6.45, 7) is 1.34. The van der Waals surface area contributed by atoms with Gasteiger partial charge in [0.2, 0.25) is 15.8 Å². The van der Waals surface area contributed by atoms with Crippen molar-refractivity contribution in [1.82, 2.24) is 5.43 Å². The van der Waals surface area contributed by atoms with E-state index < -0.39 is 15.7 Å². The lowest BCUT2D eigenvalue weighted by atomic mass is 9.98. The fraction of sp³-hybridized carbons (Fsp3) is 0.286. The van der Waals surface area contributed by atoms with Gasteiger partial charge < -0.3 is 20.7 Å². The first-order chi connectivity index (χ1) is 15.4. The minimum atomic E-state index is -3.94. The average Bonchev–Trinajstić information content (AvgIpc) is 2.82. The van der Waals surface area contributed by atoms with Gasteiger partial charge in [0.25, 0.3) is 0 Å². The number of hydrogen-bond donors (Lipinski definition) is 3. The second-order valence-electron chi connectivity index (χ2n) is 7.19. The molecule has 170 valence electrons. The van der Waals surface area contributed by atoms with Gasteiger partial charge in [-0.2, -0.15) is 5.10 Å². The zero-order valence-corrected chi connectivity index (χ0v) is 18.3. The van der Waals surface area contributed by atoms with Crippen LogP contribution in [0, 0.1) is 11.7 Å². The van der Waals surface area contributed by atoms with Crippen molar-refractivity contribution in [2.75, 3.05) is 30.4 Å². The number of carbonyl (C=O) groups is 1. The smallest absolute Gasteiger partial charge is 0.216 e. The van der Waals surface area contributed by atoms with Crippen LogP contribution in [0.5, 0.6) is 0 Å². The van der Waals surface area contributed by atoms with E-state index in [1.165, 1.54) is 25.2 Å². The van der Waals surface area contributed by atoms with Gasteiger partial charge in [0, 0.05) is 31.7 Å². The number of nitrogens with one attached hydrogen (secondary N) is 2. The number of piperidine rings is 1. The third-order valence-electron chi connectivity index (χ3n) is 5.20. The summed E-state index contributed by atoms with van der Waals surface area (Å²) in [4.78, 5) is 16.8. The molecule has 0 saturated carbocycles. The first kappa shape index (κ1) is 23.2. The SMILES string of the molecule is CN=C(N/N=C/N)Nc1ccc(S(=O)(=O)c2cccc(N3CCC(C=O)CC3)c2)cc1F. The van der Waals surface area contributed by atoms with Crippen molar-refractivity contribution in [3.05, 3.63) is 48.3 Å². The Kier molecular flexibility index (Phi) is 7.41. The molecule has 0 bridgehead atoms. The number of hydrazone groups is 1. The summed E-state index contributed by atoms with van der Waals surface area (Å²) in [5.41, 5.74) is 8.42. The van der Waals surface area contributed by atoms with Gasteiger partial charge in [-0.1, -0.05) is 6.07 Å². The lowest BCUT2D eigenvalue weighted by Gasteiger charge is -2.31. The highest BCUT2D eigenvalue weighted by Gasteiger charge is 2.23. The maximum Gasteiger partial charge on any atom is 0.216 e. The zero-order chi connectivity index (χ0) is 23.1. The number of nitrogens with zero attached hydrogens (tertiary/aromatic N) is 3. The van der Waals surface area contributed by atoms with E-state index in [0.717, 1.165) is 37.2 Å². The first-order valence-corrected chi connectivity index (χ1v) is 11.5. The number of aldehydes is 1. The number of anilines is 2. The molecule has 1 heterocycles. The molecule has 0 amide bonds. The fourth-order valence-electron chi connectivity index (χ4n) is 3.40. The Morgan fingerprint density at radius 1 is 1.19 bits per heavy atom. The molecule has 32 heavy (non-hydrogen) atoms. The van der Waals surface area contributed by atoms with E-state index >= 15 is 0 Å². The zero-order valence-electron chi connectivity index (χ0n) is 17.5. The topological polar surface area (TPSA) is 129 Å². The molecule has 0 unspecified atom stereocenters. The maximum absolute atomic E-state index is 14.6. The van der Waals surface area contributed by atoms with Gasteiger partial charge in [-0.25, -0.2) is 18.2 Å². The number of halogens is 1. The molecule has 2 aromatic rings. The third kappa shape index (κ3) is 5.22. The van der Waals surface area contributed by atoms with E-state index in [2.05, 4.69) is 25.7 Å². The molecule has 3 rings (SSSR count). The van der Waals surface area contributed by atoms with E-state index in [4.69, 9.17) is 5.73 Å². The molecule has 0 spiro atoms. The Morgan fingerprint density at radius 3 is 2.53 bits per heavy atom. The number of aliphatic imine (C=N–C) groups is 1. The van der Waals surface area contributed by atoms with Crippen LogP contribution in [0.2, 0.25) is 0 Å². The van der Waals surface area contributed by atoms with Crippen LogP contribution in [0.25, 0.3) is 0 Å². The highest BCUT2D eigenvalue weighted by Crippen LogP contribution is 2.29. The molecule has 1 aliphatic heterocycles. The van der Waals surface area contributed by atoms with Crippen molar-refractivity contribution in [2.24, 2.45) is 21.7 Å². The fourth-order valence-corrected chi connectivity index (χ4v) is 4.71. The summed E-state index contributed by atoms with van der Waals surface area (Å²) in [6, 6.07) is 10.1. The lowest BCUT2D eigenvalue weighted by Crippen LogP contribution is -2.34. The van der Waals surface area contributed by atoms with Gasteiger partial charge in [0.1, 0.15) is 18.4 Å². The molecule has 0 aromatic heterocycles.